The highest BCUT2D eigenvalue weighted by molar-refractivity contribution is 4.89. The summed E-state index contributed by atoms with van der Waals surface area (Å²) in [6.45, 7) is 2.29. The van der Waals surface area contributed by atoms with E-state index in [1.807, 2.05) is 0 Å². The molecule has 0 radical (unpaired) electrons. The summed E-state index contributed by atoms with van der Waals surface area (Å²) < 4.78 is 0. The first-order valence-electron chi connectivity index (χ1n) is 6.60. The molecule has 0 bridgehead atoms. The minimum atomic E-state index is 0.902. The Morgan fingerprint density at radius 2 is 1.93 bits per heavy atom. The van der Waals surface area contributed by atoms with E-state index < -0.39 is 0 Å². The molecule has 0 aromatic rings. The van der Waals surface area contributed by atoms with Crippen molar-refractivity contribution in [1.29, 1.82) is 0 Å². The van der Waals surface area contributed by atoms with Crippen LogP contribution in [0.3, 0.4) is 0 Å². The van der Waals surface area contributed by atoms with Gasteiger partial charge in [-0.25, -0.2) is 0 Å². The normalized spacial score (nSPS) is 23.9. The molecule has 1 atom stereocenters. The fourth-order valence-corrected chi connectivity index (χ4v) is 2.30. The molecule has 0 aliphatic heterocycles. The lowest BCUT2D eigenvalue weighted by Gasteiger charge is -2.11. The maximum atomic E-state index is 2.50. The molecule has 14 heavy (non-hydrogen) atoms. The standard InChI is InChI=1S/C14H26/c1-2-3-8-11-14-12-9-6-4-5-7-10-13-14/h9,12,14H,2-8,10-11,13H2,1H3. The van der Waals surface area contributed by atoms with E-state index in [0.717, 1.165) is 5.92 Å². The first kappa shape index (κ1) is 11.8. The molecule has 0 saturated carbocycles. The molecule has 0 spiro atoms. The fraction of sp³-hybridized carbons (Fsp3) is 0.857. The predicted octanol–water partition coefficient (Wildman–Crippen LogP) is 5.09. The summed E-state index contributed by atoms with van der Waals surface area (Å²) in [6.07, 6.45) is 19.1. The highest BCUT2D eigenvalue weighted by Crippen LogP contribution is 2.21. The number of allylic oxidation sites excluding steroid dienone is 2. The van der Waals surface area contributed by atoms with Gasteiger partial charge >= 0.3 is 0 Å². The molecule has 0 heterocycles. The van der Waals surface area contributed by atoms with E-state index in [1.54, 1.807) is 0 Å². The molecule has 0 N–H and O–H groups in total. The third kappa shape index (κ3) is 5.47. The Kier molecular flexibility index (Phi) is 6.82. The van der Waals surface area contributed by atoms with E-state index in [0.29, 0.717) is 0 Å². The molecule has 0 aromatic heterocycles. The molecule has 0 heteroatoms. The quantitative estimate of drug-likeness (QED) is 0.432. The van der Waals surface area contributed by atoms with Crippen LogP contribution < -0.4 is 0 Å². The minimum absolute atomic E-state index is 0.902. The number of hydrogen-bond acceptors (Lipinski definition) is 0. The predicted molar refractivity (Wildman–Crippen MR) is 64.5 cm³/mol. The summed E-state index contributed by atoms with van der Waals surface area (Å²) in [7, 11) is 0. The molecule has 1 unspecified atom stereocenters. The van der Waals surface area contributed by atoms with E-state index in [2.05, 4.69) is 19.1 Å². The Bertz CT molecular complexity index is 146. The van der Waals surface area contributed by atoms with Crippen molar-refractivity contribution in [1.82, 2.24) is 0 Å². The molecule has 1 rings (SSSR count). The molecule has 1 aliphatic rings. The lowest BCUT2D eigenvalue weighted by atomic mass is 9.95. The zero-order valence-electron chi connectivity index (χ0n) is 9.80. The van der Waals surface area contributed by atoms with Crippen LogP contribution in [0.2, 0.25) is 0 Å². The summed E-state index contributed by atoms with van der Waals surface area (Å²) in [4.78, 5) is 0. The summed E-state index contributed by atoms with van der Waals surface area (Å²) in [5.74, 6) is 0.902. The van der Waals surface area contributed by atoms with Crippen molar-refractivity contribution in [2.24, 2.45) is 5.92 Å². The number of hydrogen-bond donors (Lipinski definition) is 0. The van der Waals surface area contributed by atoms with Gasteiger partial charge in [-0.2, -0.15) is 0 Å². The average molecular weight is 194 g/mol. The third-order valence-corrected chi connectivity index (χ3v) is 3.28. The largest absolute Gasteiger partial charge is 0.0883 e. The Morgan fingerprint density at radius 1 is 1.07 bits per heavy atom. The maximum Gasteiger partial charge on any atom is -0.0234 e. The van der Waals surface area contributed by atoms with Gasteiger partial charge < -0.3 is 0 Å². The first-order chi connectivity index (χ1) is 6.93. The molecule has 0 fully saturated rings. The Labute approximate surface area is 89.8 Å². The molecular formula is C14H26. The van der Waals surface area contributed by atoms with Gasteiger partial charge in [0.1, 0.15) is 0 Å². The zero-order valence-corrected chi connectivity index (χ0v) is 9.80. The molecular weight excluding hydrogens is 168 g/mol. The Morgan fingerprint density at radius 3 is 2.79 bits per heavy atom. The molecule has 0 nitrogen and oxygen atoms in total. The summed E-state index contributed by atoms with van der Waals surface area (Å²) in [6, 6.07) is 0. The zero-order chi connectivity index (χ0) is 10.1. The molecule has 82 valence electrons. The van der Waals surface area contributed by atoms with E-state index in [4.69, 9.17) is 0 Å². The van der Waals surface area contributed by atoms with Crippen LogP contribution in [0.15, 0.2) is 12.2 Å². The van der Waals surface area contributed by atoms with E-state index in [9.17, 15) is 0 Å². The fourth-order valence-electron chi connectivity index (χ4n) is 2.30. The van der Waals surface area contributed by atoms with Gasteiger partial charge in [0, 0.05) is 0 Å². The van der Waals surface area contributed by atoms with Gasteiger partial charge in [-0.15, -0.1) is 0 Å². The van der Waals surface area contributed by atoms with Crippen molar-refractivity contribution >= 4 is 0 Å². The minimum Gasteiger partial charge on any atom is -0.0883 e. The van der Waals surface area contributed by atoms with Gasteiger partial charge in [-0.3, -0.25) is 0 Å². The van der Waals surface area contributed by atoms with Crippen LogP contribution in [0.1, 0.15) is 71.1 Å². The van der Waals surface area contributed by atoms with Crippen molar-refractivity contribution < 1.29 is 0 Å². The second-order valence-electron chi connectivity index (χ2n) is 4.68. The summed E-state index contributed by atoms with van der Waals surface area (Å²) in [5, 5.41) is 0. The maximum absolute atomic E-state index is 2.50. The van der Waals surface area contributed by atoms with Crippen LogP contribution in [-0.2, 0) is 0 Å². The Hall–Kier alpha value is -0.260. The van der Waals surface area contributed by atoms with Crippen molar-refractivity contribution in [3.05, 3.63) is 12.2 Å². The van der Waals surface area contributed by atoms with E-state index in [-0.39, 0.29) is 0 Å². The second kappa shape index (κ2) is 8.08. The van der Waals surface area contributed by atoms with Crippen LogP contribution in [0, 0.1) is 5.92 Å². The molecule has 0 amide bonds. The van der Waals surface area contributed by atoms with Crippen LogP contribution in [-0.4, -0.2) is 0 Å². The van der Waals surface area contributed by atoms with Gasteiger partial charge in [0.25, 0.3) is 0 Å². The summed E-state index contributed by atoms with van der Waals surface area (Å²) >= 11 is 0. The first-order valence-corrected chi connectivity index (χ1v) is 6.60. The lowest BCUT2D eigenvalue weighted by molar-refractivity contribution is 0.481. The van der Waals surface area contributed by atoms with Crippen molar-refractivity contribution in [2.45, 2.75) is 71.1 Å². The van der Waals surface area contributed by atoms with E-state index in [1.165, 1.54) is 64.2 Å². The van der Waals surface area contributed by atoms with E-state index >= 15 is 0 Å². The topological polar surface area (TPSA) is 0 Å². The second-order valence-corrected chi connectivity index (χ2v) is 4.68. The van der Waals surface area contributed by atoms with Crippen molar-refractivity contribution in [3.8, 4) is 0 Å². The highest BCUT2D eigenvalue weighted by atomic mass is 14.1. The summed E-state index contributed by atoms with van der Waals surface area (Å²) in [5.41, 5.74) is 0. The van der Waals surface area contributed by atoms with Gasteiger partial charge in [0.15, 0.2) is 0 Å². The monoisotopic (exact) mass is 194 g/mol. The Balaban J connectivity index is 2.20. The lowest BCUT2D eigenvalue weighted by Crippen LogP contribution is -1.96. The van der Waals surface area contributed by atoms with Crippen molar-refractivity contribution in [2.75, 3.05) is 0 Å². The number of rotatable bonds is 4. The average Bonchev–Trinajstić information content (AvgIpc) is 2.32. The van der Waals surface area contributed by atoms with Gasteiger partial charge in [-0.05, 0) is 31.6 Å². The van der Waals surface area contributed by atoms with Crippen LogP contribution in [0.25, 0.3) is 0 Å². The van der Waals surface area contributed by atoms with Crippen LogP contribution in [0.5, 0.6) is 0 Å². The third-order valence-electron chi connectivity index (χ3n) is 3.28. The highest BCUT2D eigenvalue weighted by Gasteiger charge is 2.05. The van der Waals surface area contributed by atoms with Crippen molar-refractivity contribution in [3.63, 3.8) is 0 Å². The molecule has 1 aliphatic carbocycles. The van der Waals surface area contributed by atoms with Gasteiger partial charge in [-0.1, -0.05) is 57.6 Å². The molecule has 0 aromatic carbocycles. The van der Waals surface area contributed by atoms with Gasteiger partial charge in [0.2, 0.25) is 0 Å². The van der Waals surface area contributed by atoms with Crippen LogP contribution in [0.4, 0.5) is 0 Å². The van der Waals surface area contributed by atoms with Crippen LogP contribution >= 0.6 is 0 Å². The smallest absolute Gasteiger partial charge is 0.0234 e. The van der Waals surface area contributed by atoms with Gasteiger partial charge in [0.05, 0.1) is 0 Å². The molecule has 0 saturated heterocycles. The SMILES string of the molecule is CCCCCC1C=CCCCCCC1. The number of unbranched alkanes of at least 4 members (excludes halogenated alkanes) is 2.